The molecule has 2 heterocycles. The van der Waals surface area contributed by atoms with Crippen LogP contribution in [0, 0.1) is 0 Å². The third kappa shape index (κ3) is 7.29. The van der Waals surface area contributed by atoms with Crippen LogP contribution in [-0.4, -0.2) is 26.6 Å². The molecule has 6 heteroatoms. The van der Waals surface area contributed by atoms with Gasteiger partial charge in [-0.3, -0.25) is 0 Å². The molecular formula is C9H16N6. The monoisotopic (exact) mass is 208 g/mol. The van der Waals surface area contributed by atoms with Crippen molar-refractivity contribution in [3.05, 3.63) is 43.5 Å². The van der Waals surface area contributed by atoms with Crippen LogP contribution >= 0.6 is 0 Å². The molecule has 0 aliphatic heterocycles. The van der Waals surface area contributed by atoms with Crippen molar-refractivity contribution in [1.29, 1.82) is 0 Å². The zero-order valence-electron chi connectivity index (χ0n) is 8.69. The highest BCUT2D eigenvalue weighted by Crippen LogP contribution is 1.77. The second kappa shape index (κ2) is 10.3. The van der Waals surface area contributed by atoms with E-state index in [2.05, 4.69) is 20.7 Å². The largest absolute Gasteiger partial charge is 0.333 e. The van der Waals surface area contributed by atoms with E-state index in [0.717, 1.165) is 0 Å². The molecule has 0 spiro atoms. The Labute approximate surface area is 89.0 Å². The Bertz CT molecular complexity index is 267. The van der Waals surface area contributed by atoms with E-state index in [1.807, 2.05) is 6.20 Å². The van der Waals surface area contributed by atoms with Gasteiger partial charge >= 0.3 is 0 Å². The topological polar surface area (TPSA) is 95.6 Å². The number of nitrogens with two attached hydrogens (primary N) is 2. The molecule has 2 rings (SSSR count). The minimum Gasteiger partial charge on any atom is -0.333 e. The van der Waals surface area contributed by atoms with Crippen molar-refractivity contribution in [1.82, 2.24) is 19.5 Å². The van der Waals surface area contributed by atoms with E-state index in [1.165, 1.54) is 13.4 Å². The lowest BCUT2D eigenvalue weighted by Crippen LogP contribution is -2.03. The van der Waals surface area contributed by atoms with E-state index in [0.29, 0.717) is 6.67 Å². The van der Waals surface area contributed by atoms with Gasteiger partial charge in [-0.05, 0) is 13.1 Å². The Morgan fingerprint density at radius 3 is 1.93 bits per heavy atom. The Balaban J connectivity index is 0.000000227. The summed E-state index contributed by atoms with van der Waals surface area (Å²) in [5.74, 6) is 0. The van der Waals surface area contributed by atoms with Crippen molar-refractivity contribution in [2.75, 3.05) is 7.05 Å². The maximum absolute atomic E-state index is 5.22. The molecule has 15 heavy (non-hydrogen) atoms. The summed E-state index contributed by atoms with van der Waals surface area (Å²) in [5.41, 5.74) is 9.72. The lowest BCUT2D eigenvalue weighted by Gasteiger charge is -1.88. The van der Waals surface area contributed by atoms with Crippen LogP contribution in [0.1, 0.15) is 0 Å². The second-order valence-corrected chi connectivity index (χ2v) is 2.16. The first-order chi connectivity index (χ1) is 7.43. The third-order valence-corrected chi connectivity index (χ3v) is 1.25. The molecule has 0 aliphatic rings. The van der Waals surface area contributed by atoms with Crippen molar-refractivity contribution < 1.29 is 0 Å². The number of imidazole rings is 1. The number of aromatic nitrogens is 4. The molecule has 0 fully saturated rings. The van der Waals surface area contributed by atoms with Gasteiger partial charge in [-0.25, -0.2) is 15.0 Å². The van der Waals surface area contributed by atoms with Crippen LogP contribution in [0.2, 0.25) is 0 Å². The van der Waals surface area contributed by atoms with E-state index in [1.54, 1.807) is 35.6 Å². The summed E-state index contributed by atoms with van der Waals surface area (Å²) in [6.45, 7) is 0.514. The molecule has 0 saturated heterocycles. The van der Waals surface area contributed by atoms with E-state index in [4.69, 9.17) is 5.73 Å². The maximum Gasteiger partial charge on any atom is 0.115 e. The molecule has 2 aromatic heterocycles. The van der Waals surface area contributed by atoms with Crippen LogP contribution in [0.15, 0.2) is 43.5 Å². The first kappa shape index (κ1) is 13.2. The Morgan fingerprint density at radius 2 is 1.73 bits per heavy atom. The highest BCUT2D eigenvalue weighted by molar-refractivity contribution is 4.74. The number of nitrogens with zero attached hydrogens (tertiary/aromatic N) is 4. The molecule has 0 unspecified atom stereocenters. The Kier molecular flexibility index (Phi) is 9.06. The standard InChI is InChI=1S/C4H7N3.C4H4N2.CH5N/c5-3-7-2-1-6-4-7;1-2-5-4-6-3-1;1-2/h1-2,4H,3,5H2;1-4H;2H2,1H3. The lowest BCUT2D eigenvalue weighted by atomic mass is 10.7. The molecule has 0 bridgehead atoms. The van der Waals surface area contributed by atoms with Crippen molar-refractivity contribution >= 4 is 0 Å². The normalized spacial score (nSPS) is 7.93. The quantitative estimate of drug-likeness (QED) is 0.679. The van der Waals surface area contributed by atoms with Crippen LogP contribution < -0.4 is 11.5 Å². The van der Waals surface area contributed by atoms with Crippen molar-refractivity contribution in [2.45, 2.75) is 6.67 Å². The predicted molar refractivity (Wildman–Crippen MR) is 58.6 cm³/mol. The van der Waals surface area contributed by atoms with Crippen LogP contribution in [0.5, 0.6) is 0 Å². The SMILES string of the molecule is CN.NCn1ccnc1.c1cncnc1. The second-order valence-electron chi connectivity index (χ2n) is 2.16. The van der Waals surface area contributed by atoms with Gasteiger partial charge in [0.15, 0.2) is 0 Å². The van der Waals surface area contributed by atoms with Crippen LogP contribution in [0.25, 0.3) is 0 Å². The number of hydrogen-bond acceptors (Lipinski definition) is 5. The van der Waals surface area contributed by atoms with Crippen molar-refractivity contribution in [3.63, 3.8) is 0 Å². The summed E-state index contributed by atoms with van der Waals surface area (Å²) in [4.78, 5) is 11.1. The van der Waals surface area contributed by atoms with Gasteiger partial charge in [0.2, 0.25) is 0 Å². The summed E-state index contributed by atoms with van der Waals surface area (Å²) < 4.78 is 1.79. The average Bonchev–Trinajstić information content (AvgIpc) is 2.88. The zero-order valence-corrected chi connectivity index (χ0v) is 8.69. The summed E-state index contributed by atoms with van der Waals surface area (Å²) in [6, 6.07) is 1.78. The number of hydrogen-bond donors (Lipinski definition) is 2. The van der Waals surface area contributed by atoms with Gasteiger partial charge in [-0.1, -0.05) is 0 Å². The van der Waals surface area contributed by atoms with Gasteiger partial charge in [0, 0.05) is 24.8 Å². The lowest BCUT2D eigenvalue weighted by molar-refractivity contribution is 0.731. The van der Waals surface area contributed by atoms with E-state index >= 15 is 0 Å². The van der Waals surface area contributed by atoms with Gasteiger partial charge < -0.3 is 16.0 Å². The smallest absolute Gasteiger partial charge is 0.115 e. The zero-order chi connectivity index (χ0) is 11.4. The minimum absolute atomic E-state index is 0.514. The molecular weight excluding hydrogens is 192 g/mol. The summed E-state index contributed by atoms with van der Waals surface area (Å²) in [7, 11) is 1.50. The number of rotatable bonds is 1. The van der Waals surface area contributed by atoms with Gasteiger partial charge in [0.25, 0.3) is 0 Å². The highest BCUT2D eigenvalue weighted by atomic mass is 15.1. The van der Waals surface area contributed by atoms with Gasteiger partial charge in [0.1, 0.15) is 6.33 Å². The fourth-order valence-electron chi connectivity index (χ4n) is 0.648. The third-order valence-electron chi connectivity index (χ3n) is 1.25. The molecule has 82 valence electrons. The molecule has 0 radical (unpaired) electrons. The van der Waals surface area contributed by atoms with E-state index < -0.39 is 0 Å². The summed E-state index contributed by atoms with van der Waals surface area (Å²) in [5, 5.41) is 0. The maximum atomic E-state index is 5.22. The molecule has 0 aromatic carbocycles. The predicted octanol–water partition coefficient (Wildman–Crippen LogP) is -0.149. The molecule has 0 aliphatic carbocycles. The Morgan fingerprint density at radius 1 is 1.07 bits per heavy atom. The van der Waals surface area contributed by atoms with Crippen LogP contribution in [0.3, 0.4) is 0 Å². The molecule has 0 saturated carbocycles. The van der Waals surface area contributed by atoms with Crippen molar-refractivity contribution in [3.8, 4) is 0 Å². The summed E-state index contributed by atoms with van der Waals surface area (Å²) in [6.07, 6.45) is 10.1. The van der Waals surface area contributed by atoms with Gasteiger partial charge in [-0.15, -0.1) is 0 Å². The molecule has 2 aromatic rings. The van der Waals surface area contributed by atoms with Crippen LogP contribution in [0.4, 0.5) is 0 Å². The molecule has 6 nitrogen and oxygen atoms in total. The average molecular weight is 208 g/mol. The minimum atomic E-state index is 0.514. The van der Waals surface area contributed by atoms with Crippen molar-refractivity contribution in [2.24, 2.45) is 11.5 Å². The van der Waals surface area contributed by atoms with Gasteiger partial charge in [-0.2, -0.15) is 0 Å². The van der Waals surface area contributed by atoms with E-state index in [9.17, 15) is 0 Å². The molecule has 0 atom stereocenters. The Hall–Kier alpha value is -1.79. The fourth-order valence-corrected chi connectivity index (χ4v) is 0.648. The van der Waals surface area contributed by atoms with Crippen LogP contribution in [-0.2, 0) is 6.67 Å². The fraction of sp³-hybridized carbons (Fsp3) is 0.222. The molecule has 0 amide bonds. The summed E-state index contributed by atoms with van der Waals surface area (Å²) >= 11 is 0. The highest BCUT2D eigenvalue weighted by Gasteiger charge is 1.77. The first-order valence-corrected chi connectivity index (χ1v) is 4.37. The molecule has 4 N–H and O–H groups in total. The van der Waals surface area contributed by atoms with Gasteiger partial charge in [0.05, 0.1) is 13.0 Å². The van der Waals surface area contributed by atoms with E-state index in [-0.39, 0.29) is 0 Å². The first-order valence-electron chi connectivity index (χ1n) is 4.37.